The molecule has 3 aromatic rings. The Kier molecular flexibility index (Phi) is 6.03. The summed E-state index contributed by atoms with van der Waals surface area (Å²) in [6.07, 6.45) is 0. The van der Waals surface area contributed by atoms with Crippen LogP contribution >= 0.6 is 0 Å². The average molecular weight is 409 g/mol. The van der Waals surface area contributed by atoms with Crippen molar-refractivity contribution in [3.63, 3.8) is 0 Å². The van der Waals surface area contributed by atoms with Gasteiger partial charge in [0.2, 0.25) is 0 Å². The smallest absolute Gasteiger partial charge is 0.264 e. The third-order valence-corrected chi connectivity index (χ3v) is 6.68. The van der Waals surface area contributed by atoms with E-state index in [0.717, 1.165) is 11.1 Å². The van der Waals surface area contributed by atoms with Crippen LogP contribution in [-0.4, -0.2) is 21.4 Å². The summed E-state index contributed by atoms with van der Waals surface area (Å²) in [5.74, 6) is -0.256. The molecule has 1 atom stereocenters. The molecular weight excluding hydrogens is 384 g/mol. The van der Waals surface area contributed by atoms with Gasteiger partial charge in [-0.25, -0.2) is 8.42 Å². The molecule has 0 fully saturated rings. The van der Waals surface area contributed by atoms with Crippen molar-refractivity contribution < 1.29 is 13.2 Å². The number of aryl methyl sites for hydroxylation is 1. The first kappa shape index (κ1) is 20.6. The Balaban J connectivity index is 1.82. The van der Waals surface area contributed by atoms with E-state index in [1.54, 1.807) is 54.6 Å². The summed E-state index contributed by atoms with van der Waals surface area (Å²) in [4.78, 5) is 13.0. The van der Waals surface area contributed by atoms with Crippen LogP contribution in [0.1, 0.15) is 34.5 Å². The lowest BCUT2D eigenvalue weighted by Gasteiger charge is -2.21. The SMILES string of the molecule is Cc1ccccc1C(C)NC(=O)c1cccc(N(C)S(=O)(=O)c2ccccc2)c1. The molecule has 3 aromatic carbocycles. The van der Waals surface area contributed by atoms with Crippen LogP contribution in [0.3, 0.4) is 0 Å². The zero-order chi connectivity index (χ0) is 21.0. The highest BCUT2D eigenvalue weighted by atomic mass is 32.2. The fourth-order valence-electron chi connectivity index (χ4n) is 3.16. The summed E-state index contributed by atoms with van der Waals surface area (Å²) in [5.41, 5.74) is 2.96. The molecule has 0 aliphatic rings. The second kappa shape index (κ2) is 8.49. The Labute approximate surface area is 172 Å². The average Bonchev–Trinajstić information content (AvgIpc) is 2.74. The molecule has 0 saturated heterocycles. The van der Waals surface area contributed by atoms with Crippen molar-refractivity contribution in [2.75, 3.05) is 11.4 Å². The van der Waals surface area contributed by atoms with Gasteiger partial charge in [0.05, 0.1) is 16.6 Å². The lowest BCUT2D eigenvalue weighted by Crippen LogP contribution is -2.29. The Morgan fingerprint density at radius 1 is 0.931 bits per heavy atom. The van der Waals surface area contributed by atoms with Gasteiger partial charge in [0.1, 0.15) is 0 Å². The van der Waals surface area contributed by atoms with Gasteiger partial charge in [-0.3, -0.25) is 9.10 Å². The van der Waals surface area contributed by atoms with E-state index in [9.17, 15) is 13.2 Å². The standard InChI is InChI=1S/C23H24N2O3S/c1-17-10-7-8-15-22(17)18(2)24-23(26)19-11-9-12-20(16-19)25(3)29(27,28)21-13-5-4-6-14-21/h4-16,18H,1-3H3,(H,24,26). The van der Waals surface area contributed by atoms with Crippen LogP contribution in [0.2, 0.25) is 0 Å². The molecule has 150 valence electrons. The van der Waals surface area contributed by atoms with E-state index in [2.05, 4.69) is 5.32 Å². The van der Waals surface area contributed by atoms with Crippen molar-refractivity contribution in [1.82, 2.24) is 5.32 Å². The highest BCUT2D eigenvalue weighted by molar-refractivity contribution is 7.92. The van der Waals surface area contributed by atoms with Crippen LogP contribution in [-0.2, 0) is 10.0 Å². The van der Waals surface area contributed by atoms with Crippen LogP contribution in [0, 0.1) is 6.92 Å². The molecule has 6 heteroatoms. The number of amides is 1. The molecule has 0 aromatic heterocycles. The van der Waals surface area contributed by atoms with E-state index in [0.29, 0.717) is 11.3 Å². The zero-order valence-corrected chi connectivity index (χ0v) is 17.5. The van der Waals surface area contributed by atoms with Crippen molar-refractivity contribution in [2.24, 2.45) is 0 Å². The molecule has 0 spiro atoms. The molecule has 0 heterocycles. The van der Waals surface area contributed by atoms with Gasteiger partial charge in [-0.2, -0.15) is 0 Å². The molecule has 1 N–H and O–H groups in total. The van der Waals surface area contributed by atoms with Crippen molar-refractivity contribution >= 4 is 21.6 Å². The number of hydrogen-bond donors (Lipinski definition) is 1. The van der Waals surface area contributed by atoms with Gasteiger partial charge in [0.25, 0.3) is 15.9 Å². The quantitative estimate of drug-likeness (QED) is 0.661. The third-order valence-electron chi connectivity index (χ3n) is 4.88. The van der Waals surface area contributed by atoms with E-state index >= 15 is 0 Å². The lowest BCUT2D eigenvalue weighted by molar-refractivity contribution is 0.0940. The van der Waals surface area contributed by atoms with E-state index < -0.39 is 10.0 Å². The number of nitrogens with zero attached hydrogens (tertiary/aromatic N) is 1. The van der Waals surface area contributed by atoms with Crippen molar-refractivity contribution in [1.29, 1.82) is 0 Å². The summed E-state index contributed by atoms with van der Waals surface area (Å²) in [6.45, 7) is 3.93. The molecule has 0 radical (unpaired) electrons. The van der Waals surface area contributed by atoms with E-state index in [1.807, 2.05) is 38.1 Å². The summed E-state index contributed by atoms with van der Waals surface area (Å²) in [7, 11) is -2.22. The zero-order valence-electron chi connectivity index (χ0n) is 16.7. The van der Waals surface area contributed by atoms with Gasteiger partial charge in [0.15, 0.2) is 0 Å². The molecule has 0 aliphatic heterocycles. The molecular formula is C23H24N2O3S. The van der Waals surface area contributed by atoms with Crippen LogP contribution in [0.4, 0.5) is 5.69 Å². The van der Waals surface area contributed by atoms with Gasteiger partial charge in [-0.05, 0) is 55.3 Å². The topological polar surface area (TPSA) is 66.5 Å². The number of hydrogen-bond acceptors (Lipinski definition) is 3. The van der Waals surface area contributed by atoms with E-state index in [4.69, 9.17) is 0 Å². The molecule has 5 nitrogen and oxygen atoms in total. The van der Waals surface area contributed by atoms with Crippen LogP contribution in [0.5, 0.6) is 0 Å². The number of rotatable bonds is 6. The number of nitrogens with one attached hydrogen (secondary N) is 1. The number of carbonyl (C=O) groups is 1. The van der Waals surface area contributed by atoms with Crippen molar-refractivity contribution in [2.45, 2.75) is 24.8 Å². The van der Waals surface area contributed by atoms with Gasteiger partial charge >= 0.3 is 0 Å². The maximum Gasteiger partial charge on any atom is 0.264 e. The Bertz CT molecular complexity index is 1110. The largest absolute Gasteiger partial charge is 0.346 e. The Morgan fingerprint density at radius 3 is 2.28 bits per heavy atom. The second-order valence-corrected chi connectivity index (χ2v) is 8.86. The summed E-state index contributed by atoms with van der Waals surface area (Å²) in [5, 5.41) is 2.98. The fourth-order valence-corrected chi connectivity index (χ4v) is 4.37. The summed E-state index contributed by atoms with van der Waals surface area (Å²) in [6, 6.07) is 22.5. The summed E-state index contributed by atoms with van der Waals surface area (Å²) >= 11 is 0. The van der Waals surface area contributed by atoms with Gasteiger partial charge < -0.3 is 5.32 Å². The van der Waals surface area contributed by atoms with Gasteiger partial charge in [-0.1, -0.05) is 48.5 Å². The third kappa shape index (κ3) is 4.49. The van der Waals surface area contributed by atoms with Gasteiger partial charge in [-0.15, -0.1) is 0 Å². The second-order valence-electron chi connectivity index (χ2n) is 6.89. The minimum Gasteiger partial charge on any atom is -0.346 e. The molecule has 0 bridgehead atoms. The van der Waals surface area contributed by atoms with Crippen molar-refractivity contribution in [3.8, 4) is 0 Å². The van der Waals surface area contributed by atoms with Crippen LogP contribution in [0.15, 0.2) is 83.8 Å². The van der Waals surface area contributed by atoms with E-state index in [-0.39, 0.29) is 16.8 Å². The first-order valence-electron chi connectivity index (χ1n) is 9.31. The molecule has 1 amide bonds. The van der Waals surface area contributed by atoms with Crippen molar-refractivity contribution in [3.05, 3.63) is 95.6 Å². The lowest BCUT2D eigenvalue weighted by atomic mass is 10.0. The number of sulfonamides is 1. The molecule has 0 saturated carbocycles. The maximum atomic E-state index is 12.8. The molecule has 3 rings (SSSR count). The number of benzene rings is 3. The molecule has 1 unspecified atom stereocenters. The number of anilines is 1. The highest BCUT2D eigenvalue weighted by Gasteiger charge is 2.22. The maximum absolute atomic E-state index is 12.8. The summed E-state index contributed by atoms with van der Waals surface area (Å²) < 4.78 is 26.9. The normalized spacial score (nSPS) is 12.2. The Morgan fingerprint density at radius 2 is 1.59 bits per heavy atom. The first-order valence-corrected chi connectivity index (χ1v) is 10.7. The fraction of sp³-hybridized carbons (Fsp3) is 0.174. The predicted octanol–water partition coefficient (Wildman–Crippen LogP) is 4.31. The number of carbonyl (C=O) groups excluding carboxylic acids is 1. The molecule has 0 aliphatic carbocycles. The molecule has 29 heavy (non-hydrogen) atoms. The first-order chi connectivity index (χ1) is 13.8. The van der Waals surface area contributed by atoms with E-state index in [1.165, 1.54) is 11.4 Å². The van der Waals surface area contributed by atoms with Crippen LogP contribution < -0.4 is 9.62 Å². The highest BCUT2D eigenvalue weighted by Crippen LogP contribution is 2.23. The van der Waals surface area contributed by atoms with Gasteiger partial charge in [0, 0.05) is 12.6 Å². The minimum absolute atomic E-state index is 0.168. The monoisotopic (exact) mass is 408 g/mol. The Hall–Kier alpha value is -3.12. The van der Waals surface area contributed by atoms with Crippen LogP contribution in [0.25, 0.3) is 0 Å². The minimum atomic E-state index is -3.70. The predicted molar refractivity (Wildman–Crippen MR) is 116 cm³/mol.